The maximum atomic E-state index is 10.6. The van der Waals surface area contributed by atoms with E-state index in [0.717, 1.165) is 0 Å². The molecule has 1 fully saturated rings. The molecule has 6 heteroatoms. The molecule has 1 unspecified atom stereocenters. The van der Waals surface area contributed by atoms with Crippen LogP contribution < -0.4 is 0 Å². The monoisotopic (exact) mass is 224 g/mol. The third-order valence-corrected chi connectivity index (χ3v) is 2.36. The van der Waals surface area contributed by atoms with Crippen molar-refractivity contribution >= 4 is 35.1 Å². The van der Waals surface area contributed by atoms with Crippen LogP contribution in [0, 0.1) is 11.3 Å². The molecule has 0 saturated heterocycles. The van der Waals surface area contributed by atoms with Crippen molar-refractivity contribution in [2.75, 3.05) is 0 Å². The summed E-state index contributed by atoms with van der Waals surface area (Å²) in [5, 5.41) is 17.3. The van der Waals surface area contributed by atoms with E-state index in [4.69, 9.17) is 33.4 Å². The van der Waals surface area contributed by atoms with Crippen molar-refractivity contribution in [1.29, 1.82) is 0 Å². The Labute approximate surface area is 83.8 Å². The van der Waals surface area contributed by atoms with Crippen molar-refractivity contribution in [3.8, 4) is 0 Å². The molecule has 1 saturated carbocycles. The lowest BCUT2D eigenvalue weighted by molar-refractivity contribution is -0.157. The van der Waals surface area contributed by atoms with Crippen LogP contribution in [0.1, 0.15) is 6.42 Å². The fraction of sp³-hybridized carbons (Fsp3) is 0.429. The first-order valence-electron chi connectivity index (χ1n) is 3.41. The van der Waals surface area contributed by atoms with Crippen LogP contribution in [0.3, 0.4) is 0 Å². The average molecular weight is 225 g/mol. The molecule has 0 aromatic rings. The summed E-state index contributed by atoms with van der Waals surface area (Å²) in [4.78, 5) is 21.2. The van der Waals surface area contributed by atoms with Crippen molar-refractivity contribution in [1.82, 2.24) is 0 Å². The van der Waals surface area contributed by atoms with Crippen LogP contribution >= 0.6 is 23.2 Å². The molecule has 0 heterocycles. The molecular weight excluding hydrogens is 219 g/mol. The predicted octanol–water partition coefficient (Wildman–Crippen LogP) is 1.48. The number of carboxylic acid groups (broad SMARTS) is 2. The second-order valence-corrected chi connectivity index (χ2v) is 3.86. The molecule has 0 radical (unpaired) electrons. The summed E-state index contributed by atoms with van der Waals surface area (Å²) >= 11 is 10.6. The lowest BCUT2D eigenvalue weighted by Gasteiger charge is -2.02. The highest BCUT2D eigenvalue weighted by Crippen LogP contribution is 2.54. The van der Waals surface area contributed by atoms with E-state index in [1.54, 1.807) is 0 Å². The van der Waals surface area contributed by atoms with E-state index in [2.05, 4.69) is 0 Å². The highest BCUT2D eigenvalue weighted by atomic mass is 35.5. The van der Waals surface area contributed by atoms with Crippen LogP contribution in [0.25, 0.3) is 0 Å². The number of halogens is 2. The van der Waals surface area contributed by atoms with Gasteiger partial charge in [-0.3, -0.25) is 9.59 Å². The van der Waals surface area contributed by atoms with Gasteiger partial charge in [0.2, 0.25) is 0 Å². The molecule has 4 nitrogen and oxygen atoms in total. The number of aliphatic carboxylic acids is 2. The third kappa shape index (κ3) is 1.64. The molecule has 13 heavy (non-hydrogen) atoms. The summed E-state index contributed by atoms with van der Waals surface area (Å²) in [5.74, 6) is -3.31. The van der Waals surface area contributed by atoms with Gasteiger partial charge in [0.1, 0.15) is 4.49 Å². The van der Waals surface area contributed by atoms with Gasteiger partial charge in [0.15, 0.2) is 5.41 Å². The second-order valence-electron chi connectivity index (χ2n) is 2.85. The number of allylic oxidation sites excluding steroid dienone is 1. The number of rotatable bonds is 3. The van der Waals surface area contributed by atoms with Crippen molar-refractivity contribution in [2.45, 2.75) is 6.42 Å². The number of hydrogen-bond acceptors (Lipinski definition) is 2. The highest BCUT2D eigenvalue weighted by Gasteiger charge is 2.66. The zero-order valence-corrected chi connectivity index (χ0v) is 7.84. The highest BCUT2D eigenvalue weighted by molar-refractivity contribution is 6.55. The SMILES string of the molecule is O=C(O)C1(C(=O)O)CC1C=C(Cl)Cl. The summed E-state index contributed by atoms with van der Waals surface area (Å²) in [7, 11) is 0. The molecule has 72 valence electrons. The van der Waals surface area contributed by atoms with E-state index < -0.39 is 23.3 Å². The first-order chi connectivity index (χ1) is 5.91. The fourth-order valence-corrected chi connectivity index (χ4v) is 1.53. The number of carboxylic acids is 2. The minimum atomic E-state index is -1.71. The molecule has 1 aliphatic carbocycles. The Hall–Kier alpha value is -0.740. The van der Waals surface area contributed by atoms with Crippen LogP contribution in [0.4, 0.5) is 0 Å². The molecule has 0 spiro atoms. The van der Waals surface area contributed by atoms with Gasteiger partial charge >= 0.3 is 11.9 Å². The Bertz CT molecular complexity index is 279. The van der Waals surface area contributed by atoms with E-state index in [0.29, 0.717) is 0 Å². The molecule has 0 aromatic carbocycles. The van der Waals surface area contributed by atoms with Crippen LogP contribution in [-0.4, -0.2) is 22.2 Å². The summed E-state index contributed by atoms with van der Waals surface area (Å²) in [6.45, 7) is 0. The Morgan fingerprint density at radius 2 is 1.77 bits per heavy atom. The summed E-state index contributed by atoms with van der Waals surface area (Å²) in [6, 6.07) is 0. The van der Waals surface area contributed by atoms with Gasteiger partial charge in [-0.15, -0.1) is 0 Å². The third-order valence-electron chi connectivity index (χ3n) is 2.11. The molecular formula is C7H6Cl2O4. The van der Waals surface area contributed by atoms with Gasteiger partial charge in [-0.25, -0.2) is 0 Å². The Kier molecular flexibility index (Phi) is 2.54. The largest absolute Gasteiger partial charge is 0.480 e. The molecule has 1 aliphatic rings. The maximum Gasteiger partial charge on any atom is 0.321 e. The van der Waals surface area contributed by atoms with E-state index in [9.17, 15) is 9.59 Å². The molecule has 2 N–H and O–H groups in total. The Balaban J connectivity index is 2.86. The van der Waals surface area contributed by atoms with Crippen molar-refractivity contribution in [2.24, 2.45) is 11.3 Å². The zero-order valence-electron chi connectivity index (χ0n) is 6.33. The number of carbonyl (C=O) groups is 2. The Morgan fingerprint density at radius 3 is 2.00 bits per heavy atom. The van der Waals surface area contributed by atoms with Crippen LogP contribution in [0.5, 0.6) is 0 Å². The average Bonchev–Trinajstić information content (AvgIpc) is 2.61. The zero-order chi connectivity index (χ0) is 10.2. The number of hydrogen-bond donors (Lipinski definition) is 2. The van der Waals surface area contributed by atoms with Crippen LogP contribution in [0.15, 0.2) is 10.6 Å². The van der Waals surface area contributed by atoms with Gasteiger partial charge in [0.25, 0.3) is 0 Å². The minimum Gasteiger partial charge on any atom is -0.480 e. The molecule has 0 bridgehead atoms. The fourth-order valence-electron chi connectivity index (χ4n) is 1.22. The minimum absolute atomic E-state index is 0.0423. The van der Waals surface area contributed by atoms with Crippen LogP contribution in [0.2, 0.25) is 0 Å². The first kappa shape index (κ1) is 10.3. The first-order valence-corrected chi connectivity index (χ1v) is 4.16. The maximum absolute atomic E-state index is 10.6. The summed E-state index contributed by atoms with van der Waals surface area (Å²) in [5.41, 5.74) is -1.71. The molecule has 1 rings (SSSR count). The second kappa shape index (κ2) is 3.20. The van der Waals surface area contributed by atoms with Gasteiger partial charge in [-0.05, 0) is 12.5 Å². The topological polar surface area (TPSA) is 74.6 Å². The normalized spacial score (nSPS) is 23.4. The van der Waals surface area contributed by atoms with Crippen LogP contribution in [-0.2, 0) is 9.59 Å². The standard InChI is InChI=1S/C7H6Cl2O4/c8-4(9)1-3-2-7(3,5(10)11)6(12)13/h1,3H,2H2,(H,10,11)(H,12,13). The van der Waals surface area contributed by atoms with E-state index in [1.165, 1.54) is 6.08 Å². The Morgan fingerprint density at radius 1 is 1.31 bits per heavy atom. The predicted molar refractivity (Wildman–Crippen MR) is 45.6 cm³/mol. The summed E-state index contributed by atoms with van der Waals surface area (Å²) in [6.07, 6.45) is 1.28. The van der Waals surface area contributed by atoms with Gasteiger partial charge in [-0.2, -0.15) is 0 Å². The van der Waals surface area contributed by atoms with Crippen molar-refractivity contribution in [3.05, 3.63) is 10.6 Å². The quantitative estimate of drug-likeness (QED) is 0.713. The lowest BCUT2D eigenvalue weighted by atomic mass is 10.1. The van der Waals surface area contributed by atoms with E-state index in [1.807, 2.05) is 0 Å². The smallest absolute Gasteiger partial charge is 0.321 e. The van der Waals surface area contributed by atoms with Crippen molar-refractivity contribution in [3.63, 3.8) is 0 Å². The molecule has 0 aliphatic heterocycles. The van der Waals surface area contributed by atoms with Gasteiger partial charge < -0.3 is 10.2 Å². The molecule has 0 amide bonds. The molecule has 1 atom stereocenters. The van der Waals surface area contributed by atoms with Gasteiger partial charge in [-0.1, -0.05) is 23.2 Å². The summed E-state index contributed by atoms with van der Waals surface area (Å²) < 4.78 is -0.102. The molecule has 0 aromatic heterocycles. The lowest BCUT2D eigenvalue weighted by Crippen LogP contribution is -2.27. The van der Waals surface area contributed by atoms with Crippen molar-refractivity contribution < 1.29 is 19.8 Å². The van der Waals surface area contributed by atoms with Gasteiger partial charge in [0, 0.05) is 5.92 Å². The van der Waals surface area contributed by atoms with Gasteiger partial charge in [0.05, 0.1) is 0 Å². The van der Waals surface area contributed by atoms with E-state index >= 15 is 0 Å². The van der Waals surface area contributed by atoms with E-state index in [-0.39, 0.29) is 10.9 Å².